The first-order valence-corrected chi connectivity index (χ1v) is 5.64. The molecule has 3 aromatic rings. The lowest BCUT2D eigenvalue weighted by Gasteiger charge is -1.93. The van der Waals surface area contributed by atoms with Crippen molar-refractivity contribution in [2.24, 2.45) is 0 Å². The number of nitrogens with one attached hydrogen (secondary N) is 1. The maximum absolute atomic E-state index is 5.93. The van der Waals surface area contributed by atoms with E-state index < -0.39 is 0 Å². The Hall–Kier alpha value is -1.65. The van der Waals surface area contributed by atoms with Gasteiger partial charge in [-0.25, -0.2) is 4.98 Å². The van der Waals surface area contributed by atoms with Crippen molar-refractivity contribution in [3.63, 3.8) is 0 Å². The molecule has 0 fully saturated rings. The van der Waals surface area contributed by atoms with Crippen LogP contribution in [-0.4, -0.2) is 20.2 Å². The van der Waals surface area contributed by atoms with Gasteiger partial charge in [-0.2, -0.15) is 0 Å². The van der Waals surface area contributed by atoms with Crippen molar-refractivity contribution in [1.29, 1.82) is 0 Å². The zero-order chi connectivity index (χ0) is 11.8. The minimum absolute atomic E-state index is 0.239. The maximum Gasteiger partial charge on any atom is 0.179 e. The lowest BCUT2D eigenvalue weighted by molar-refractivity contribution is 1.05. The second kappa shape index (κ2) is 3.98. The summed E-state index contributed by atoms with van der Waals surface area (Å²) in [4.78, 5) is 7.46. The van der Waals surface area contributed by atoms with Crippen molar-refractivity contribution in [3.05, 3.63) is 40.6 Å². The third kappa shape index (κ3) is 1.75. The highest BCUT2D eigenvalue weighted by Gasteiger charge is 2.12. The molecule has 84 valence electrons. The summed E-state index contributed by atoms with van der Waals surface area (Å²) < 4.78 is 0. The van der Waals surface area contributed by atoms with Gasteiger partial charge in [-0.05, 0) is 0 Å². The standard InChI is InChI=1S/C11H6Cl2N4/c12-9-7-8(10(13)17-16-9)15-11(14-7)6-4-2-1-3-5-6/h1-5H,(H,14,15). The van der Waals surface area contributed by atoms with Gasteiger partial charge in [0.1, 0.15) is 16.9 Å². The van der Waals surface area contributed by atoms with Gasteiger partial charge in [0.2, 0.25) is 0 Å². The van der Waals surface area contributed by atoms with Crippen molar-refractivity contribution in [3.8, 4) is 11.4 Å². The zero-order valence-electron chi connectivity index (χ0n) is 8.48. The van der Waals surface area contributed by atoms with E-state index in [0.717, 1.165) is 5.56 Å². The predicted octanol–water partition coefficient (Wildman–Crippen LogP) is 3.33. The third-order valence-electron chi connectivity index (χ3n) is 2.38. The molecule has 1 aromatic carbocycles. The number of hydrogen-bond acceptors (Lipinski definition) is 3. The highest BCUT2D eigenvalue weighted by atomic mass is 35.5. The summed E-state index contributed by atoms with van der Waals surface area (Å²) in [6.07, 6.45) is 0. The first-order chi connectivity index (χ1) is 8.25. The Balaban J connectivity index is 2.27. The van der Waals surface area contributed by atoms with E-state index in [9.17, 15) is 0 Å². The van der Waals surface area contributed by atoms with Crippen LogP contribution < -0.4 is 0 Å². The summed E-state index contributed by atoms with van der Waals surface area (Å²) in [7, 11) is 0. The number of hydrogen-bond donors (Lipinski definition) is 1. The van der Waals surface area contributed by atoms with E-state index in [1.807, 2.05) is 30.3 Å². The van der Waals surface area contributed by atoms with Gasteiger partial charge < -0.3 is 4.98 Å². The Morgan fingerprint density at radius 3 is 2.35 bits per heavy atom. The molecule has 2 heterocycles. The van der Waals surface area contributed by atoms with E-state index in [1.165, 1.54) is 0 Å². The molecule has 3 rings (SSSR count). The number of nitrogens with zero attached hydrogens (tertiary/aromatic N) is 3. The lowest BCUT2D eigenvalue weighted by atomic mass is 10.2. The van der Waals surface area contributed by atoms with Gasteiger partial charge in [0.25, 0.3) is 0 Å². The first kappa shape index (κ1) is 10.5. The van der Waals surface area contributed by atoms with E-state index in [4.69, 9.17) is 23.2 Å². The Morgan fingerprint density at radius 2 is 1.65 bits per heavy atom. The highest BCUT2D eigenvalue weighted by molar-refractivity contribution is 6.37. The van der Waals surface area contributed by atoms with E-state index >= 15 is 0 Å². The SMILES string of the molecule is Clc1nnc(Cl)c2[nH]c(-c3ccccc3)nc12. The molecule has 2 aromatic heterocycles. The largest absolute Gasteiger partial charge is 0.335 e. The van der Waals surface area contributed by atoms with Crippen LogP contribution in [0, 0.1) is 0 Å². The zero-order valence-corrected chi connectivity index (χ0v) is 10.00. The molecule has 0 unspecified atom stereocenters. The molecule has 0 aliphatic heterocycles. The van der Waals surface area contributed by atoms with Crippen LogP contribution >= 0.6 is 23.2 Å². The van der Waals surface area contributed by atoms with Gasteiger partial charge in [0.15, 0.2) is 10.3 Å². The van der Waals surface area contributed by atoms with E-state index in [2.05, 4.69) is 20.2 Å². The van der Waals surface area contributed by atoms with Gasteiger partial charge >= 0.3 is 0 Å². The van der Waals surface area contributed by atoms with Crippen LogP contribution in [0.3, 0.4) is 0 Å². The summed E-state index contributed by atoms with van der Waals surface area (Å²) in [5.74, 6) is 0.694. The Bertz CT molecular complexity index is 640. The molecular formula is C11H6Cl2N4. The molecule has 0 bridgehead atoms. The van der Waals surface area contributed by atoms with E-state index in [-0.39, 0.29) is 10.3 Å². The van der Waals surface area contributed by atoms with Gasteiger partial charge in [-0.3, -0.25) is 0 Å². The normalized spacial score (nSPS) is 10.9. The summed E-state index contributed by atoms with van der Waals surface area (Å²) in [6, 6.07) is 9.69. The third-order valence-corrected chi connectivity index (χ3v) is 2.90. The van der Waals surface area contributed by atoms with Crippen LogP contribution in [0.15, 0.2) is 30.3 Å². The smallest absolute Gasteiger partial charge is 0.179 e. The first-order valence-electron chi connectivity index (χ1n) is 4.88. The molecular weight excluding hydrogens is 259 g/mol. The summed E-state index contributed by atoms with van der Waals surface area (Å²) in [5.41, 5.74) is 2.09. The van der Waals surface area contributed by atoms with Crippen LogP contribution in [0.4, 0.5) is 0 Å². The lowest BCUT2D eigenvalue weighted by Crippen LogP contribution is -1.84. The summed E-state index contributed by atoms with van der Waals surface area (Å²) in [6.45, 7) is 0. The number of imidazole rings is 1. The summed E-state index contributed by atoms with van der Waals surface area (Å²) >= 11 is 11.8. The fraction of sp³-hybridized carbons (Fsp3) is 0. The predicted molar refractivity (Wildman–Crippen MR) is 67.1 cm³/mol. The Morgan fingerprint density at radius 1 is 0.941 bits per heavy atom. The quantitative estimate of drug-likeness (QED) is 0.734. The maximum atomic E-state index is 5.93. The fourth-order valence-corrected chi connectivity index (χ4v) is 1.94. The molecule has 4 nitrogen and oxygen atoms in total. The molecule has 0 radical (unpaired) electrons. The Kier molecular flexibility index (Phi) is 2.46. The van der Waals surface area contributed by atoms with E-state index in [1.54, 1.807) is 0 Å². The van der Waals surface area contributed by atoms with Crippen LogP contribution in [0.25, 0.3) is 22.4 Å². The van der Waals surface area contributed by atoms with Crippen LogP contribution in [0.5, 0.6) is 0 Å². The van der Waals surface area contributed by atoms with Crippen molar-refractivity contribution >= 4 is 34.2 Å². The number of aromatic nitrogens is 4. The molecule has 0 amide bonds. The molecule has 0 spiro atoms. The molecule has 0 saturated heterocycles. The average molecular weight is 265 g/mol. The van der Waals surface area contributed by atoms with Gasteiger partial charge in [-0.1, -0.05) is 53.5 Å². The molecule has 6 heteroatoms. The number of aromatic amines is 1. The van der Waals surface area contributed by atoms with E-state index in [0.29, 0.717) is 16.9 Å². The Labute approximate surface area is 107 Å². The molecule has 0 aliphatic rings. The average Bonchev–Trinajstić information content (AvgIpc) is 2.81. The van der Waals surface area contributed by atoms with Gasteiger partial charge in [0, 0.05) is 5.56 Å². The number of fused-ring (bicyclic) bond motifs is 1. The topological polar surface area (TPSA) is 54.5 Å². The highest BCUT2D eigenvalue weighted by Crippen LogP contribution is 2.27. The molecule has 17 heavy (non-hydrogen) atoms. The van der Waals surface area contributed by atoms with Gasteiger partial charge in [-0.15, -0.1) is 10.2 Å². The number of halogens is 2. The number of benzene rings is 1. The molecule has 0 atom stereocenters. The molecule has 1 N–H and O–H groups in total. The molecule has 0 aliphatic carbocycles. The van der Waals surface area contributed by atoms with Crippen molar-refractivity contribution in [2.45, 2.75) is 0 Å². The van der Waals surface area contributed by atoms with Crippen LogP contribution in [0.1, 0.15) is 0 Å². The number of H-pyrrole nitrogens is 1. The fourth-order valence-electron chi connectivity index (χ4n) is 1.59. The number of rotatable bonds is 1. The minimum Gasteiger partial charge on any atom is -0.335 e. The van der Waals surface area contributed by atoms with Crippen LogP contribution in [0.2, 0.25) is 10.3 Å². The van der Waals surface area contributed by atoms with Crippen LogP contribution in [-0.2, 0) is 0 Å². The second-order valence-electron chi connectivity index (χ2n) is 3.46. The molecule has 0 saturated carbocycles. The van der Waals surface area contributed by atoms with Crippen molar-refractivity contribution < 1.29 is 0 Å². The second-order valence-corrected chi connectivity index (χ2v) is 4.17. The van der Waals surface area contributed by atoms with Crippen molar-refractivity contribution in [2.75, 3.05) is 0 Å². The monoisotopic (exact) mass is 264 g/mol. The van der Waals surface area contributed by atoms with Crippen molar-refractivity contribution in [1.82, 2.24) is 20.2 Å². The van der Waals surface area contributed by atoms with Gasteiger partial charge in [0.05, 0.1) is 0 Å². The summed E-state index contributed by atoms with van der Waals surface area (Å²) in [5, 5.41) is 7.94. The minimum atomic E-state index is 0.239.